The van der Waals surface area contributed by atoms with Crippen LogP contribution in [0.15, 0.2) is 0 Å². The van der Waals surface area contributed by atoms with E-state index >= 15 is 0 Å². The normalized spacial score (nSPS) is 15.5. The summed E-state index contributed by atoms with van der Waals surface area (Å²) in [4.78, 5) is 20.3. The highest BCUT2D eigenvalue weighted by molar-refractivity contribution is 5.82. The third kappa shape index (κ3) is 3.67. The van der Waals surface area contributed by atoms with Gasteiger partial charge in [-0.1, -0.05) is 0 Å². The van der Waals surface area contributed by atoms with Crippen molar-refractivity contribution in [1.82, 2.24) is 0 Å². The molecule has 0 bridgehead atoms. The molecule has 0 aliphatic rings. The van der Waals surface area contributed by atoms with E-state index in [1.165, 1.54) is 0 Å². The maximum Gasteiger partial charge on any atom is 0.306 e. The number of aliphatic carboxylic acids is 1. The maximum absolute atomic E-state index is 12.6. The number of halogens is 1. The summed E-state index contributed by atoms with van der Waals surface area (Å²) >= 11 is 0. The Morgan fingerprint density at radius 1 is 1.64 bits per heavy atom. The molecule has 0 rings (SSSR count). The molecular formula is C6H10FNO3. The van der Waals surface area contributed by atoms with Gasteiger partial charge >= 0.3 is 5.97 Å². The zero-order chi connectivity index (χ0) is 9.02. The molecule has 5 heteroatoms. The van der Waals surface area contributed by atoms with Crippen LogP contribution in [0.25, 0.3) is 0 Å². The Morgan fingerprint density at radius 2 is 2.09 bits per heavy atom. The fourth-order valence-corrected chi connectivity index (χ4v) is 0.548. The Hall–Kier alpha value is -0.970. The Morgan fingerprint density at radius 3 is 2.36 bits per heavy atom. The van der Waals surface area contributed by atoms with Gasteiger partial charge in [-0.3, -0.25) is 9.59 Å². The number of hydrogen-bond acceptors (Lipinski definition) is 3. The average Bonchev–Trinajstić information content (AvgIpc) is 1.84. The van der Waals surface area contributed by atoms with E-state index in [0.29, 0.717) is 0 Å². The van der Waals surface area contributed by atoms with Crippen LogP contribution < -0.4 is 5.73 Å². The molecule has 0 aliphatic heterocycles. The van der Waals surface area contributed by atoms with Gasteiger partial charge in [0.05, 0.1) is 12.5 Å². The molecule has 3 N–H and O–H groups in total. The molecular weight excluding hydrogens is 152 g/mol. The summed E-state index contributed by atoms with van der Waals surface area (Å²) in [6.45, 7) is 1.12. The van der Waals surface area contributed by atoms with Crippen LogP contribution in [0.3, 0.4) is 0 Å². The van der Waals surface area contributed by atoms with Crippen LogP contribution >= 0.6 is 0 Å². The van der Waals surface area contributed by atoms with Crippen LogP contribution in [0.2, 0.25) is 0 Å². The van der Waals surface area contributed by atoms with E-state index in [1.807, 2.05) is 0 Å². The first-order chi connectivity index (χ1) is 4.95. The highest BCUT2D eigenvalue weighted by Gasteiger charge is 2.23. The van der Waals surface area contributed by atoms with Crippen molar-refractivity contribution >= 4 is 11.8 Å². The van der Waals surface area contributed by atoms with E-state index in [9.17, 15) is 14.0 Å². The van der Waals surface area contributed by atoms with E-state index < -0.39 is 30.4 Å². The lowest BCUT2D eigenvalue weighted by atomic mass is 10.1. The van der Waals surface area contributed by atoms with E-state index in [0.717, 1.165) is 6.92 Å². The molecule has 0 fully saturated rings. The molecule has 11 heavy (non-hydrogen) atoms. The molecule has 0 aromatic carbocycles. The Kier molecular flexibility index (Phi) is 3.67. The summed E-state index contributed by atoms with van der Waals surface area (Å²) in [5.41, 5.74) is 5.02. The van der Waals surface area contributed by atoms with Gasteiger partial charge in [0.15, 0.2) is 0 Å². The van der Waals surface area contributed by atoms with Crippen molar-refractivity contribution in [2.45, 2.75) is 25.6 Å². The first-order valence-electron chi connectivity index (χ1n) is 3.07. The number of carbonyl (C=O) groups excluding carboxylic acids is 1. The largest absolute Gasteiger partial charge is 0.481 e. The van der Waals surface area contributed by atoms with Crippen LogP contribution in [0.4, 0.5) is 4.39 Å². The van der Waals surface area contributed by atoms with Gasteiger partial charge in [-0.25, -0.2) is 4.39 Å². The molecule has 0 aliphatic carbocycles. The van der Waals surface area contributed by atoms with Gasteiger partial charge in [-0.05, 0) is 6.92 Å². The van der Waals surface area contributed by atoms with Crippen molar-refractivity contribution in [3.63, 3.8) is 0 Å². The summed E-state index contributed by atoms with van der Waals surface area (Å²) < 4.78 is 12.6. The van der Waals surface area contributed by atoms with Crippen LogP contribution in [-0.2, 0) is 9.59 Å². The highest BCUT2D eigenvalue weighted by atomic mass is 18.2. The van der Waals surface area contributed by atoms with Gasteiger partial charge in [0.2, 0.25) is 0 Å². The van der Waals surface area contributed by atoms with Gasteiger partial charge in [0, 0.05) is 0 Å². The lowest BCUT2D eigenvalue weighted by Gasteiger charge is -2.10. The van der Waals surface area contributed by atoms with Crippen LogP contribution in [0, 0.1) is 0 Å². The molecule has 0 radical (unpaired) electrons. The third-order valence-electron chi connectivity index (χ3n) is 1.23. The van der Waals surface area contributed by atoms with Crippen molar-refractivity contribution in [3.05, 3.63) is 0 Å². The monoisotopic (exact) mass is 162 g/mol. The molecule has 0 heterocycles. The molecule has 0 aromatic heterocycles. The van der Waals surface area contributed by atoms with Crippen molar-refractivity contribution < 1.29 is 19.1 Å². The van der Waals surface area contributed by atoms with Crippen LogP contribution in [0.1, 0.15) is 13.3 Å². The molecule has 0 aromatic rings. The predicted molar refractivity (Wildman–Crippen MR) is 35.8 cm³/mol. The minimum atomic E-state index is -1.79. The molecule has 0 saturated heterocycles. The van der Waals surface area contributed by atoms with Crippen LogP contribution in [-0.4, -0.2) is 29.1 Å². The van der Waals surface area contributed by atoms with Gasteiger partial charge in [0.1, 0.15) is 12.0 Å². The number of carboxylic acids is 1. The summed E-state index contributed by atoms with van der Waals surface area (Å²) in [5.74, 6) is -1.84. The van der Waals surface area contributed by atoms with Crippen molar-refractivity contribution in [2.75, 3.05) is 0 Å². The topological polar surface area (TPSA) is 80.4 Å². The smallest absolute Gasteiger partial charge is 0.306 e. The van der Waals surface area contributed by atoms with E-state index in [1.54, 1.807) is 0 Å². The predicted octanol–water partition coefficient (Wildman–Crippen LogP) is -0.285. The number of carboxylic acid groups (broad SMARTS) is 1. The number of rotatable bonds is 4. The fourth-order valence-electron chi connectivity index (χ4n) is 0.548. The zero-order valence-electron chi connectivity index (χ0n) is 6.08. The summed E-state index contributed by atoms with van der Waals surface area (Å²) in [6, 6.07) is -1.31. The Bertz CT molecular complexity index is 171. The number of nitrogens with two attached hydrogens (primary N) is 1. The minimum absolute atomic E-state index is 0.543. The Balaban J connectivity index is 3.92. The lowest BCUT2D eigenvalue weighted by Crippen LogP contribution is -2.39. The second kappa shape index (κ2) is 4.02. The summed E-state index contributed by atoms with van der Waals surface area (Å²) in [6.07, 6.45) is -2.51. The second-order valence-corrected chi connectivity index (χ2v) is 2.25. The number of alkyl halides is 1. The maximum atomic E-state index is 12.6. The van der Waals surface area contributed by atoms with Crippen molar-refractivity contribution in [2.24, 2.45) is 5.73 Å². The number of carbonyl (C=O) groups is 2. The van der Waals surface area contributed by atoms with Crippen molar-refractivity contribution in [3.8, 4) is 0 Å². The first-order valence-corrected chi connectivity index (χ1v) is 3.07. The van der Waals surface area contributed by atoms with E-state index in [2.05, 4.69) is 0 Å². The standard InChI is InChI=1S/C6H10FNO3/c1-3(9)6(8)4(7)2-5(10)11/h4,6H,2,8H2,1H3,(H,10,11)/i7-1. The lowest BCUT2D eigenvalue weighted by molar-refractivity contribution is -0.138. The fraction of sp³-hybridized carbons (Fsp3) is 0.667. The van der Waals surface area contributed by atoms with Gasteiger partial charge in [-0.2, -0.15) is 0 Å². The summed E-state index contributed by atoms with van der Waals surface area (Å²) in [5, 5.41) is 8.11. The molecule has 0 spiro atoms. The van der Waals surface area contributed by atoms with Gasteiger partial charge < -0.3 is 10.8 Å². The summed E-state index contributed by atoms with van der Waals surface area (Å²) in [7, 11) is 0. The zero-order valence-corrected chi connectivity index (χ0v) is 6.08. The third-order valence-corrected chi connectivity index (χ3v) is 1.23. The molecule has 2 unspecified atom stereocenters. The van der Waals surface area contributed by atoms with E-state index in [4.69, 9.17) is 10.8 Å². The molecule has 4 nitrogen and oxygen atoms in total. The minimum Gasteiger partial charge on any atom is -0.481 e. The molecule has 0 amide bonds. The quantitative estimate of drug-likeness (QED) is 0.595. The number of Topliss-reactive ketones (excluding diaryl/α,β-unsaturated/α-hetero) is 1. The van der Waals surface area contributed by atoms with Gasteiger partial charge in [-0.15, -0.1) is 0 Å². The highest BCUT2D eigenvalue weighted by Crippen LogP contribution is 2.02. The second-order valence-electron chi connectivity index (χ2n) is 2.25. The Labute approximate surface area is 63.2 Å². The molecule has 64 valence electrons. The molecule has 2 atom stereocenters. The van der Waals surface area contributed by atoms with E-state index in [-0.39, 0.29) is 0 Å². The van der Waals surface area contributed by atoms with Gasteiger partial charge in [0.25, 0.3) is 0 Å². The first kappa shape index (κ1) is 10.0. The molecule has 0 saturated carbocycles. The SMILES string of the molecule is CC(=O)C(N)C([18F])CC(=O)O. The van der Waals surface area contributed by atoms with Crippen LogP contribution in [0.5, 0.6) is 0 Å². The number of ketones is 1. The van der Waals surface area contributed by atoms with Crippen molar-refractivity contribution in [1.29, 1.82) is 0 Å². The number of hydrogen-bond donors (Lipinski definition) is 2. The average molecular weight is 162 g/mol.